The molecule has 1 aliphatic rings. The maximum atomic E-state index is 12.9. The Morgan fingerprint density at radius 2 is 1.96 bits per heavy atom. The highest BCUT2D eigenvalue weighted by molar-refractivity contribution is 5.94. The molecular formula is C19H19N5O. The van der Waals surface area contributed by atoms with Crippen molar-refractivity contribution in [2.75, 3.05) is 6.54 Å². The first-order valence-electron chi connectivity index (χ1n) is 8.43. The van der Waals surface area contributed by atoms with Crippen molar-refractivity contribution in [1.29, 1.82) is 0 Å². The number of aromatic amines is 1. The number of aromatic nitrogens is 4. The molecule has 0 aliphatic carbocycles. The summed E-state index contributed by atoms with van der Waals surface area (Å²) in [5.74, 6) is 0.731. The Morgan fingerprint density at radius 3 is 2.72 bits per heavy atom. The second-order valence-electron chi connectivity index (χ2n) is 6.23. The van der Waals surface area contributed by atoms with E-state index in [-0.39, 0.29) is 11.9 Å². The molecule has 0 saturated carbocycles. The molecule has 1 unspecified atom stereocenters. The minimum absolute atomic E-state index is 0.0373. The standard InChI is InChI=1S/C19H19N5O/c1-13-12-22-18(23-13)17-16(20-9-10-21-17)15-8-5-11-24(15)19(25)14-6-3-2-4-7-14/h2-4,6-7,9-10,12,15H,5,8,11H2,1H3,(H,22,23). The molecule has 3 aromatic rings. The Hall–Kier alpha value is -3.02. The van der Waals surface area contributed by atoms with Gasteiger partial charge in [-0.3, -0.25) is 9.78 Å². The van der Waals surface area contributed by atoms with E-state index < -0.39 is 0 Å². The number of nitrogens with zero attached hydrogens (tertiary/aromatic N) is 4. The first-order chi connectivity index (χ1) is 12.2. The third kappa shape index (κ3) is 2.91. The van der Waals surface area contributed by atoms with Gasteiger partial charge >= 0.3 is 0 Å². The molecule has 4 rings (SSSR count). The molecule has 0 radical (unpaired) electrons. The van der Waals surface area contributed by atoms with E-state index in [1.165, 1.54) is 0 Å². The molecule has 3 heterocycles. The van der Waals surface area contributed by atoms with Crippen molar-refractivity contribution in [1.82, 2.24) is 24.8 Å². The number of aryl methyl sites for hydroxylation is 1. The molecule has 1 amide bonds. The molecule has 1 atom stereocenters. The zero-order valence-corrected chi connectivity index (χ0v) is 14.0. The molecule has 0 spiro atoms. The highest BCUT2D eigenvalue weighted by Gasteiger charge is 2.33. The highest BCUT2D eigenvalue weighted by Crippen LogP contribution is 2.35. The topological polar surface area (TPSA) is 74.8 Å². The second kappa shape index (κ2) is 6.47. The van der Waals surface area contributed by atoms with Gasteiger partial charge < -0.3 is 9.88 Å². The maximum absolute atomic E-state index is 12.9. The fraction of sp³-hybridized carbons (Fsp3) is 0.263. The van der Waals surface area contributed by atoms with Crippen molar-refractivity contribution in [3.63, 3.8) is 0 Å². The number of H-pyrrole nitrogens is 1. The molecule has 1 aliphatic heterocycles. The quantitative estimate of drug-likeness (QED) is 0.799. The normalized spacial score (nSPS) is 17.0. The number of likely N-dealkylation sites (tertiary alicyclic amines) is 1. The second-order valence-corrected chi connectivity index (χ2v) is 6.23. The van der Waals surface area contributed by atoms with Crippen LogP contribution in [0.25, 0.3) is 11.5 Å². The number of rotatable bonds is 3. The number of hydrogen-bond donors (Lipinski definition) is 1. The van der Waals surface area contributed by atoms with E-state index in [0.29, 0.717) is 17.1 Å². The van der Waals surface area contributed by atoms with Gasteiger partial charge in [-0.2, -0.15) is 0 Å². The number of carbonyl (C=O) groups excluding carboxylic acids is 1. The molecule has 126 valence electrons. The SMILES string of the molecule is Cc1cnc(-c2nccnc2C2CCCN2C(=O)c2ccccc2)[nH]1. The van der Waals surface area contributed by atoms with Gasteiger partial charge in [-0.1, -0.05) is 18.2 Å². The monoisotopic (exact) mass is 333 g/mol. The minimum Gasteiger partial charge on any atom is -0.341 e. The fourth-order valence-electron chi connectivity index (χ4n) is 3.35. The molecule has 1 saturated heterocycles. The average molecular weight is 333 g/mol. The van der Waals surface area contributed by atoms with Gasteiger partial charge in [0.1, 0.15) is 5.69 Å². The Morgan fingerprint density at radius 1 is 1.16 bits per heavy atom. The van der Waals surface area contributed by atoms with Gasteiger partial charge in [-0.25, -0.2) is 9.97 Å². The Balaban J connectivity index is 1.71. The third-order valence-corrected chi connectivity index (χ3v) is 4.50. The van der Waals surface area contributed by atoms with Crippen LogP contribution in [-0.2, 0) is 0 Å². The molecule has 0 bridgehead atoms. The maximum Gasteiger partial charge on any atom is 0.254 e. The smallest absolute Gasteiger partial charge is 0.254 e. The molecule has 1 aromatic carbocycles. The number of carbonyl (C=O) groups is 1. The lowest BCUT2D eigenvalue weighted by molar-refractivity contribution is 0.0733. The van der Waals surface area contributed by atoms with Crippen LogP contribution in [0.15, 0.2) is 48.9 Å². The average Bonchev–Trinajstić information content (AvgIpc) is 3.31. The Labute approximate surface area is 146 Å². The van der Waals surface area contributed by atoms with Gasteiger partial charge in [0.15, 0.2) is 5.82 Å². The van der Waals surface area contributed by atoms with Crippen LogP contribution >= 0.6 is 0 Å². The number of nitrogens with one attached hydrogen (secondary N) is 1. The number of benzene rings is 1. The first kappa shape index (κ1) is 15.5. The van der Waals surface area contributed by atoms with Crippen molar-refractivity contribution in [2.45, 2.75) is 25.8 Å². The summed E-state index contributed by atoms with van der Waals surface area (Å²) in [4.78, 5) is 31.5. The first-order valence-corrected chi connectivity index (χ1v) is 8.43. The van der Waals surface area contributed by atoms with Crippen LogP contribution in [0.3, 0.4) is 0 Å². The van der Waals surface area contributed by atoms with E-state index >= 15 is 0 Å². The molecule has 6 nitrogen and oxygen atoms in total. The van der Waals surface area contributed by atoms with Gasteiger partial charge in [0.25, 0.3) is 5.91 Å². The Bertz CT molecular complexity index is 890. The predicted octanol–water partition coefficient (Wildman–Crippen LogP) is 3.15. The van der Waals surface area contributed by atoms with Crippen LogP contribution in [0.5, 0.6) is 0 Å². The summed E-state index contributed by atoms with van der Waals surface area (Å²) >= 11 is 0. The van der Waals surface area contributed by atoms with Crippen LogP contribution in [0.2, 0.25) is 0 Å². The summed E-state index contributed by atoms with van der Waals surface area (Å²) in [5.41, 5.74) is 3.19. The number of imidazole rings is 1. The number of amides is 1. The van der Waals surface area contributed by atoms with Gasteiger partial charge in [-0.15, -0.1) is 0 Å². The largest absolute Gasteiger partial charge is 0.341 e. The van der Waals surface area contributed by atoms with Crippen molar-refractivity contribution in [3.05, 3.63) is 65.9 Å². The van der Waals surface area contributed by atoms with Gasteiger partial charge in [0, 0.05) is 36.4 Å². The van der Waals surface area contributed by atoms with Crippen LogP contribution in [0.1, 0.15) is 40.6 Å². The van der Waals surface area contributed by atoms with Crippen molar-refractivity contribution in [3.8, 4) is 11.5 Å². The van der Waals surface area contributed by atoms with Crippen LogP contribution in [0, 0.1) is 6.92 Å². The van der Waals surface area contributed by atoms with E-state index in [2.05, 4.69) is 19.9 Å². The van der Waals surface area contributed by atoms with Crippen molar-refractivity contribution < 1.29 is 4.79 Å². The fourth-order valence-corrected chi connectivity index (χ4v) is 3.35. The van der Waals surface area contributed by atoms with E-state index in [1.54, 1.807) is 18.6 Å². The van der Waals surface area contributed by atoms with E-state index in [1.807, 2.05) is 42.2 Å². The molecular weight excluding hydrogens is 314 g/mol. The van der Waals surface area contributed by atoms with E-state index in [9.17, 15) is 4.79 Å². The minimum atomic E-state index is -0.0817. The molecule has 1 fully saturated rings. The highest BCUT2D eigenvalue weighted by atomic mass is 16.2. The van der Waals surface area contributed by atoms with Gasteiger partial charge in [0.2, 0.25) is 0 Å². The summed E-state index contributed by atoms with van der Waals surface area (Å²) in [7, 11) is 0. The van der Waals surface area contributed by atoms with Crippen molar-refractivity contribution >= 4 is 5.91 Å². The zero-order valence-electron chi connectivity index (χ0n) is 14.0. The predicted molar refractivity (Wildman–Crippen MR) is 93.8 cm³/mol. The lowest BCUT2D eigenvalue weighted by Gasteiger charge is -2.25. The number of hydrogen-bond acceptors (Lipinski definition) is 4. The van der Waals surface area contributed by atoms with Gasteiger partial charge in [0.05, 0.1) is 11.7 Å². The summed E-state index contributed by atoms with van der Waals surface area (Å²) < 4.78 is 0. The summed E-state index contributed by atoms with van der Waals surface area (Å²) in [5, 5.41) is 0. The van der Waals surface area contributed by atoms with Crippen LogP contribution < -0.4 is 0 Å². The zero-order chi connectivity index (χ0) is 17.2. The van der Waals surface area contributed by atoms with Gasteiger partial charge in [-0.05, 0) is 31.9 Å². The van der Waals surface area contributed by atoms with E-state index in [0.717, 1.165) is 30.8 Å². The van der Waals surface area contributed by atoms with Crippen LogP contribution in [-0.4, -0.2) is 37.3 Å². The lowest BCUT2D eigenvalue weighted by Crippen LogP contribution is -2.31. The summed E-state index contributed by atoms with van der Waals surface area (Å²) in [6.45, 7) is 2.68. The third-order valence-electron chi connectivity index (χ3n) is 4.50. The van der Waals surface area contributed by atoms with E-state index in [4.69, 9.17) is 0 Å². The van der Waals surface area contributed by atoms with Crippen molar-refractivity contribution in [2.24, 2.45) is 0 Å². The lowest BCUT2D eigenvalue weighted by atomic mass is 10.1. The molecule has 6 heteroatoms. The molecule has 1 N–H and O–H groups in total. The Kier molecular flexibility index (Phi) is 4.01. The summed E-state index contributed by atoms with van der Waals surface area (Å²) in [6, 6.07) is 9.31. The van der Waals surface area contributed by atoms with Crippen LogP contribution in [0.4, 0.5) is 0 Å². The molecule has 2 aromatic heterocycles. The molecule has 25 heavy (non-hydrogen) atoms. The summed E-state index contributed by atoms with van der Waals surface area (Å²) in [6.07, 6.45) is 6.95.